The second-order valence-corrected chi connectivity index (χ2v) is 5.35. The number of pyridine rings is 1. The molecule has 110 valence electrons. The second kappa shape index (κ2) is 7.24. The number of nitrogens with one attached hydrogen (secondary N) is 2. The first-order valence-electron chi connectivity index (χ1n) is 7.31. The molecule has 1 aliphatic rings. The molecule has 1 saturated carbocycles. The normalized spacial score (nSPS) is 16.8. The molecule has 5 heteroatoms. The van der Waals surface area contributed by atoms with Crippen LogP contribution in [0, 0.1) is 5.41 Å². The van der Waals surface area contributed by atoms with Gasteiger partial charge in [-0.05, 0) is 31.9 Å². The Labute approximate surface area is 120 Å². The molecule has 3 N–H and O–H groups in total. The lowest BCUT2D eigenvalue weighted by atomic mass is 10.1. The Bertz CT molecular complexity index is 429. The van der Waals surface area contributed by atoms with Crippen LogP contribution in [0.25, 0.3) is 0 Å². The molecule has 5 nitrogen and oxygen atoms in total. The van der Waals surface area contributed by atoms with Crippen molar-refractivity contribution in [2.24, 2.45) is 10.4 Å². The van der Waals surface area contributed by atoms with Gasteiger partial charge in [-0.25, -0.2) is 0 Å². The summed E-state index contributed by atoms with van der Waals surface area (Å²) in [6, 6.07) is 5.95. The average Bonchev–Trinajstić information content (AvgIpc) is 3.26. The largest absolute Gasteiger partial charge is 0.396 e. The number of hydrogen-bond donors (Lipinski definition) is 3. The Hall–Kier alpha value is -1.62. The van der Waals surface area contributed by atoms with Crippen LogP contribution in [0.1, 0.15) is 25.5 Å². The molecule has 1 fully saturated rings. The van der Waals surface area contributed by atoms with Crippen LogP contribution >= 0.6 is 0 Å². The summed E-state index contributed by atoms with van der Waals surface area (Å²) < 4.78 is 0. The fourth-order valence-corrected chi connectivity index (χ4v) is 1.99. The number of aromatic nitrogens is 1. The maximum Gasteiger partial charge on any atom is 0.191 e. The third-order valence-electron chi connectivity index (χ3n) is 3.61. The van der Waals surface area contributed by atoms with Crippen LogP contribution in [0.4, 0.5) is 0 Å². The minimum atomic E-state index is 0.0589. The molecule has 0 bridgehead atoms. The molecule has 20 heavy (non-hydrogen) atoms. The molecule has 1 aromatic rings. The lowest BCUT2D eigenvalue weighted by molar-refractivity contribution is 0.217. The zero-order valence-electron chi connectivity index (χ0n) is 12.1. The summed E-state index contributed by atoms with van der Waals surface area (Å²) >= 11 is 0. The van der Waals surface area contributed by atoms with Crippen LogP contribution < -0.4 is 10.6 Å². The van der Waals surface area contributed by atoms with Crippen molar-refractivity contribution in [2.75, 3.05) is 26.2 Å². The monoisotopic (exact) mass is 276 g/mol. The SMILES string of the molecule is CCNC(=NCC1(CO)CC1)NCCc1ccccn1. The Morgan fingerprint density at radius 1 is 1.40 bits per heavy atom. The van der Waals surface area contributed by atoms with Gasteiger partial charge < -0.3 is 15.7 Å². The smallest absolute Gasteiger partial charge is 0.191 e. The molecule has 1 aromatic heterocycles. The number of aliphatic imine (C=N–C) groups is 1. The first-order chi connectivity index (χ1) is 9.78. The fourth-order valence-electron chi connectivity index (χ4n) is 1.99. The van der Waals surface area contributed by atoms with Gasteiger partial charge >= 0.3 is 0 Å². The van der Waals surface area contributed by atoms with E-state index in [0.29, 0.717) is 6.54 Å². The van der Waals surface area contributed by atoms with Crippen LogP contribution in [0.3, 0.4) is 0 Å². The summed E-state index contributed by atoms with van der Waals surface area (Å²) in [5.74, 6) is 0.822. The Morgan fingerprint density at radius 3 is 2.85 bits per heavy atom. The number of aliphatic hydroxyl groups is 1. The van der Waals surface area contributed by atoms with Gasteiger partial charge in [0.15, 0.2) is 5.96 Å². The number of hydrogen-bond acceptors (Lipinski definition) is 3. The van der Waals surface area contributed by atoms with E-state index in [4.69, 9.17) is 0 Å². The van der Waals surface area contributed by atoms with E-state index in [-0.39, 0.29) is 12.0 Å². The van der Waals surface area contributed by atoms with Crippen LogP contribution in [0.15, 0.2) is 29.4 Å². The summed E-state index contributed by atoms with van der Waals surface area (Å²) in [5.41, 5.74) is 1.13. The van der Waals surface area contributed by atoms with Crippen LogP contribution in [-0.2, 0) is 6.42 Å². The van der Waals surface area contributed by atoms with Gasteiger partial charge in [0, 0.05) is 36.8 Å². The number of aliphatic hydroxyl groups excluding tert-OH is 1. The van der Waals surface area contributed by atoms with Crippen molar-refractivity contribution in [3.63, 3.8) is 0 Å². The van der Waals surface area contributed by atoms with Gasteiger partial charge in [0.05, 0.1) is 13.2 Å². The molecule has 0 unspecified atom stereocenters. The van der Waals surface area contributed by atoms with Gasteiger partial charge in [-0.15, -0.1) is 0 Å². The van der Waals surface area contributed by atoms with Gasteiger partial charge in [0.25, 0.3) is 0 Å². The molecular formula is C15H24N4O. The Balaban J connectivity index is 1.78. The average molecular weight is 276 g/mol. The molecule has 0 aromatic carbocycles. The van der Waals surface area contributed by atoms with Crippen molar-refractivity contribution in [1.29, 1.82) is 0 Å². The van der Waals surface area contributed by atoms with Crippen molar-refractivity contribution in [3.05, 3.63) is 30.1 Å². The van der Waals surface area contributed by atoms with E-state index in [0.717, 1.165) is 44.0 Å². The second-order valence-electron chi connectivity index (χ2n) is 5.35. The summed E-state index contributed by atoms with van der Waals surface area (Å²) in [7, 11) is 0. The molecule has 0 radical (unpaired) electrons. The first kappa shape index (κ1) is 14.8. The van der Waals surface area contributed by atoms with E-state index in [1.807, 2.05) is 24.4 Å². The summed E-state index contributed by atoms with van der Waals surface area (Å²) in [5, 5.41) is 15.8. The Kier molecular flexibility index (Phi) is 5.35. The highest BCUT2D eigenvalue weighted by Gasteiger charge is 2.41. The minimum absolute atomic E-state index is 0.0589. The molecule has 0 aliphatic heterocycles. The van der Waals surface area contributed by atoms with Gasteiger partial charge in [-0.1, -0.05) is 6.07 Å². The Morgan fingerprint density at radius 2 is 2.25 bits per heavy atom. The predicted molar refractivity (Wildman–Crippen MR) is 80.7 cm³/mol. The molecule has 1 aliphatic carbocycles. The van der Waals surface area contributed by atoms with Crippen LogP contribution in [0.5, 0.6) is 0 Å². The predicted octanol–water partition coefficient (Wildman–Crippen LogP) is 0.952. The molecule has 0 saturated heterocycles. The van der Waals surface area contributed by atoms with E-state index in [1.54, 1.807) is 0 Å². The van der Waals surface area contributed by atoms with Gasteiger partial charge in [-0.2, -0.15) is 0 Å². The maximum atomic E-state index is 9.31. The molecule has 0 spiro atoms. The highest BCUT2D eigenvalue weighted by atomic mass is 16.3. The highest BCUT2D eigenvalue weighted by Crippen LogP contribution is 2.45. The van der Waals surface area contributed by atoms with E-state index < -0.39 is 0 Å². The van der Waals surface area contributed by atoms with Gasteiger partial charge in [0.1, 0.15) is 0 Å². The minimum Gasteiger partial charge on any atom is -0.396 e. The van der Waals surface area contributed by atoms with Crippen molar-refractivity contribution in [3.8, 4) is 0 Å². The zero-order chi connectivity index (χ0) is 14.3. The lowest BCUT2D eigenvalue weighted by Crippen LogP contribution is -2.39. The number of nitrogens with zero attached hydrogens (tertiary/aromatic N) is 2. The van der Waals surface area contributed by atoms with Crippen molar-refractivity contribution in [2.45, 2.75) is 26.2 Å². The molecule has 0 atom stereocenters. The van der Waals surface area contributed by atoms with E-state index >= 15 is 0 Å². The van der Waals surface area contributed by atoms with E-state index in [2.05, 4.69) is 27.5 Å². The van der Waals surface area contributed by atoms with Crippen molar-refractivity contribution >= 4 is 5.96 Å². The van der Waals surface area contributed by atoms with E-state index in [9.17, 15) is 5.11 Å². The van der Waals surface area contributed by atoms with Gasteiger partial charge in [-0.3, -0.25) is 9.98 Å². The van der Waals surface area contributed by atoms with Crippen molar-refractivity contribution in [1.82, 2.24) is 15.6 Å². The summed E-state index contributed by atoms with van der Waals surface area (Å²) in [4.78, 5) is 8.86. The molecule has 1 heterocycles. The summed E-state index contributed by atoms with van der Waals surface area (Å²) in [6.45, 7) is 4.62. The van der Waals surface area contributed by atoms with Crippen LogP contribution in [0.2, 0.25) is 0 Å². The third kappa shape index (κ3) is 4.49. The number of rotatable bonds is 7. The zero-order valence-corrected chi connectivity index (χ0v) is 12.1. The third-order valence-corrected chi connectivity index (χ3v) is 3.61. The van der Waals surface area contributed by atoms with Crippen LogP contribution in [-0.4, -0.2) is 42.3 Å². The molecule has 2 rings (SSSR count). The van der Waals surface area contributed by atoms with Gasteiger partial charge in [0.2, 0.25) is 0 Å². The maximum absolute atomic E-state index is 9.31. The first-order valence-corrected chi connectivity index (χ1v) is 7.31. The lowest BCUT2D eigenvalue weighted by Gasteiger charge is -2.13. The standard InChI is InChI=1S/C15H24N4O/c1-2-16-14(19-11-15(12-20)7-8-15)18-10-6-13-5-3-4-9-17-13/h3-5,9,20H,2,6-8,10-12H2,1H3,(H2,16,18,19). The van der Waals surface area contributed by atoms with E-state index in [1.165, 1.54) is 0 Å². The quantitative estimate of drug-likeness (QED) is 0.512. The highest BCUT2D eigenvalue weighted by molar-refractivity contribution is 5.79. The molecular weight excluding hydrogens is 252 g/mol. The fraction of sp³-hybridized carbons (Fsp3) is 0.600. The topological polar surface area (TPSA) is 69.5 Å². The molecule has 0 amide bonds. The van der Waals surface area contributed by atoms with Crippen molar-refractivity contribution < 1.29 is 5.11 Å². The number of guanidine groups is 1. The summed E-state index contributed by atoms with van der Waals surface area (Å²) in [6.07, 6.45) is 4.85.